The summed E-state index contributed by atoms with van der Waals surface area (Å²) >= 11 is 0. The Morgan fingerprint density at radius 1 is 1.59 bits per heavy atom. The summed E-state index contributed by atoms with van der Waals surface area (Å²) in [7, 11) is 1.66. The SMILES string of the molecule is CCCC(NC)C(=O)O.c1cc2cc(c1)OC2. The van der Waals surface area contributed by atoms with Gasteiger partial charge in [-0.3, -0.25) is 4.79 Å². The van der Waals surface area contributed by atoms with E-state index < -0.39 is 5.97 Å². The van der Waals surface area contributed by atoms with Crippen LogP contribution < -0.4 is 10.1 Å². The smallest absolute Gasteiger partial charge is 0.320 e. The van der Waals surface area contributed by atoms with Crippen molar-refractivity contribution in [2.24, 2.45) is 0 Å². The molecule has 0 saturated heterocycles. The van der Waals surface area contributed by atoms with E-state index in [4.69, 9.17) is 9.84 Å². The molecule has 1 aromatic rings. The summed E-state index contributed by atoms with van der Waals surface area (Å²) < 4.78 is 5.18. The fourth-order valence-corrected chi connectivity index (χ4v) is 1.57. The van der Waals surface area contributed by atoms with Crippen LogP contribution in [0.2, 0.25) is 0 Å². The normalized spacial score (nSPS) is 13.3. The zero-order valence-electron chi connectivity index (χ0n) is 10.3. The number of carboxylic acid groups (broad SMARTS) is 1. The number of hydrogen-bond donors (Lipinski definition) is 2. The monoisotopic (exact) mass is 237 g/mol. The fourth-order valence-electron chi connectivity index (χ4n) is 1.57. The van der Waals surface area contributed by atoms with Crippen molar-refractivity contribution in [3.8, 4) is 5.75 Å². The summed E-state index contributed by atoms with van der Waals surface area (Å²) in [6.45, 7) is 2.73. The van der Waals surface area contributed by atoms with Crippen LogP contribution >= 0.6 is 0 Å². The number of hydrogen-bond acceptors (Lipinski definition) is 3. The first kappa shape index (κ1) is 13.5. The highest BCUT2D eigenvalue weighted by Gasteiger charge is 2.11. The third kappa shape index (κ3) is 4.44. The van der Waals surface area contributed by atoms with Crippen molar-refractivity contribution in [2.45, 2.75) is 32.4 Å². The van der Waals surface area contributed by atoms with Crippen LogP contribution in [0.3, 0.4) is 0 Å². The minimum absolute atomic E-state index is 0.366. The van der Waals surface area contributed by atoms with E-state index in [0.717, 1.165) is 18.8 Å². The van der Waals surface area contributed by atoms with Crippen LogP contribution in [0.1, 0.15) is 25.3 Å². The Bertz CT molecular complexity index is 346. The predicted molar refractivity (Wildman–Crippen MR) is 66.2 cm³/mol. The van der Waals surface area contributed by atoms with Crippen molar-refractivity contribution in [1.29, 1.82) is 0 Å². The third-order valence-electron chi connectivity index (χ3n) is 2.53. The molecule has 0 spiro atoms. The number of nitrogens with one attached hydrogen (secondary N) is 1. The molecule has 17 heavy (non-hydrogen) atoms. The number of rotatable bonds is 4. The zero-order chi connectivity index (χ0) is 12.7. The number of carbonyl (C=O) groups is 1. The van der Waals surface area contributed by atoms with Gasteiger partial charge in [0, 0.05) is 0 Å². The van der Waals surface area contributed by atoms with Gasteiger partial charge in [0.15, 0.2) is 0 Å². The summed E-state index contributed by atoms with van der Waals surface area (Å²) in [4.78, 5) is 10.3. The second-order valence-electron chi connectivity index (χ2n) is 3.90. The maximum atomic E-state index is 10.3. The lowest BCUT2D eigenvalue weighted by atomic mass is 10.2. The number of carboxylic acids is 1. The first-order valence-corrected chi connectivity index (χ1v) is 5.79. The molecule has 94 valence electrons. The quantitative estimate of drug-likeness (QED) is 0.841. The molecule has 1 atom stereocenters. The van der Waals surface area contributed by atoms with E-state index in [0.29, 0.717) is 6.42 Å². The van der Waals surface area contributed by atoms with Crippen LogP contribution in [-0.4, -0.2) is 24.2 Å². The van der Waals surface area contributed by atoms with Gasteiger partial charge in [0.05, 0.1) is 0 Å². The maximum absolute atomic E-state index is 10.3. The van der Waals surface area contributed by atoms with Gasteiger partial charge in [-0.05, 0) is 31.2 Å². The van der Waals surface area contributed by atoms with Crippen molar-refractivity contribution < 1.29 is 14.6 Å². The molecule has 1 aliphatic rings. The highest BCUT2D eigenvalue weighted by Crippen LogP contribution is 2.20. The number of ether oxygens (including phenoxy) is 1. The Balaban J connectivity index is 0.000000170. The topological polar surface area (TPSA) is 58.6 Å². The standard InChI is InChI=1S/C7H6O.C6H13NO2/c1-2-6-4-7(3-1)8-5-6;1-3-4-5(7-2)6(8)9/h1-4H,5H2;5,7H,3-4H2,1-2H3,(H,8,9). The summed E-state index contributed by atoms with van der Waals surface area (Å²) in [6.07, 6.45) is 1.60. The van der Waals surface area contributed by atoms with Gasteiger partial charge >= 0.3 is 5.97 Å². The largest absolute Gasteiger partial charge is 0.489 e. The van der Waals surface area contributed by atoms with E-state index >= 15 is 0 Å². The fraction of sp³-hybridized carbons (Fsp3) is 0.462. The zero-order valence-corrected chi connectivity index (χ0v) is 10.3. The first-order chi connectivity index (χ1) is 8.17. The van der Waals surface area contributed by atoms with Crippen molar-refractivity contribution in [1.82, 2.24) is 5.32 Å². The van der Waals surface area contributed by atoms with Crippen molar-refractivity contribution in [2.75, 3.05) is 7.05 Å². The summed E-state index contributed by atoms with van der Waals surface area (Å²) in [5.41, 5.74) is 1.28. The average Bonchev–Trinajstić information content (AvgIpc) is 2.65. The van der Waals surface area contributed by atoms with Crippen molar-refractivity contribution in [3.05, 3.63) is 29.8 Å². The molecule has 2 N–H and O–H groups in total. The van der Waals surface area contributed by atoms with Crippen molar-refractivity contribution in [3.63, 3.8) is 0 Å². The van der Waals surface area contributed by atoms with Crippen LogP contribution in [0.5, 0.6) is 5.75 Å². The lowest BCUT2D eigenvalue weighted by molar-refractivity contribution is -0.139. The van der Waals surface area contributed by atoms with Gasteiger partial charge < -0.3 is 15.2 Å². The van der Waals surface area contributed by atoms with E-state index in [2.05, 4.69) is 17.4 Å². The maximum Gasteiger partial charge on any atom is 0.320 e. The van der Waals surface area contributed by atoms with Crippen LogP contribution in [0, 0.1) is 0 Å². The lowest BCUT2D eigenvalue weighted by Crippen LogP contribution is -2.33. The number of benzene rings is 1. The third-order valence-corrected chi connectivity index (χ3v) is 2.53. The average molecular weight is 237 g/mol. The molecule has 0 saturated carbocycles. The van der Waals surface area contributed by atoms with Gasteiger partial charge in [0.2, 0.25) is 0 Å². The molecule has 1 aromatic carbocycles. The molecule has 1 heterocycles. The first-order valence-electron chi connectivity index (χ1n) is 5.79. The van der Waals surface area contributed by atoms with E-state index in [1.165, 1.54) is 5.56 Å². The van der Waals surface area contributed by atoms with Crippen LogP contribution in [0.4, 0.5) is 0 Å². The second kappa shape index (κ2) is 6.91. The molecule has 0 aliphatic carbocycles. The molecule has 0 aromatic heterocycles. The minimum Gasteiger partial charge on any atom is -0.489 e. The Labute approximate surface area is 102 Å². The van der Waals surface area contributed by atoms with Crippen molar-refractivity contribution >= 4 is 5.97 Å². The van der Waals surface area contributed by atoms with Gasteiger partial charge in [-0.25, -0.2) is 0 Å². The van der Waals surface area contributed by atoms with Crippen LogP contribution in [0.15, 0.2) is 24.3 Å². The highest BCUT2D eigenvalue weighted by molar-refractivity contribution is 5.73. The van der Waals surface area contributed by atoms with Gasteiger partial charge in [0.25, 0.3) is 0 Å². The molecular formula is C13H19NO3. The number of aliphatic carboxylic acids is 1. The van der Waals surface area contributed by atoms with E-state index in [1.54, 1.807) is 7.05 Å². The Kier molecular flexibility index (Phi) is 5.49. The highest BCUT2D eigenvalue weighted by atomic mass is 16.5. The van der Waals surface area contributed by atoms with E-state index in [1.807, 2.05) is 19.1 Å². The summed E-state index contributed by atoms with van der Waals surface area (Å²) in [6, 6.07) is 7.74. The van der Waals surface area contributed by atoms with Gasteiger partial charge in [-0.15, -0.1) is 0 Å². The molecule has 4 heteroatoms. The Morgan fingerprint density at radius 3 is 2.76 bits per heavy atom. The molecule has 0 amide bonds. The molecule has 1 unspecified atom stereocenters. The molecular weight excluding hydrogens is 218 g/mol. The van der Waals surface area contributed by atoms with E-state index in [9.17, 15) is 4.79 Å². The number of fused-ring (bicyclic) bond motifs is 2. The van der Waals surface area contributed by atoms with E-state index in [-0.39, 0.29) is 6.04 Å². The van der Waals surface area contributed by atoms with Crippen LogP contribution in [-0.2, 0) is 11.4 Å². The number of likely N-dealkylation sites (N-methyl/N-ethyl adjacent to an activating group) is 1. The Morgan fingerprint density at radius 2 is 2.35 bits per heavy atom. The lowest BCUT2D eigenvalue weighted by Gasteiger charge is -2.07. The summed E-state index contributed by atoms with van der Waals surface area (Å²) in [5.74, 6) is 0.238. The summed E-state index contributed by atoms with van der Waals surface area (Å²) in [5, 5.41) is 11.1. The second-order valence-corrected chi connectivity index (χ2v) is 3.90. The molecule has 4 nitrogen and oxygen atoms in total. The molecule has 2 bridgehead atoms. The molecule has 2 rings (SSSR count). The minimum atomic E-state index is -0.764. The molecule has 1 aliphatic heterocycles. The van der Waals surface area contributed by atoms with Gasteiger partial charge in [0.1, 0.15) is 18.4 Å². The molecule has 0 radical (unpaired) electrons. The van der Waals surface area contributed by atoms with Gasteiger partial charge in [-0.1, -0.05) is 25.5 Å². The predicted octanol–water partition coefficient (Wildman–Crippen LogP) is 2.04. The Hall–Kier alpha value is -1.55. The molecule has 0 fully saturated rings. The van der Waals surface area contributed by atoms with Gasteiger partial charge in [-0.2, -0.15) is 0 Å². The van der Waals surface area contributed by atoms with Crippen LogP contribution in [0.25, 0.3) is 0 Å².